The lowest BCUT2D eigenvalue weighted by Gasteiger charge is -2.17. The van der Waals surface area contributed by atoms with Gasteiger partial charge < -0.3 is 11.1 Å². The number of anilines is 1. The van der Waals surface area contributed by atoms with Crippen molar-refractivity contribution in [2.75, 3.05) is 5.73 Å². The average molecular weight is 475 g/mol. The number of hydrogen-bond acceptors (Lipinski definition) is 6. The number of rotatable bonds is 8. The first-order chi connectivity index (χ1) is 16.8. The predicted molar refractivity (Wildman–Crippen MR) is 127 cm³/mol. The number of nitrogens with two attached hydrogens (primary N) is 1. The van der Waals surface area contributed by atoms with Crippen molar-refractivity contribution in [2.24, 2.45) is 5.92 Å². The molecule has 2 heterocycles. The molecule has 2 aromatic carbocycles. The van der Waals surface area contributed by atoms with E-state index < -0.39 is 23.5 Å². The van der Waals surface area contributed by atoms with Crippen LogP contribution in [-0.4, -0.2) is 26.6 Å². The number of amides is 1. The molecule has 0 saturated carbocycles. The molecule has 0 aliphatic carbocycles. The SMILES string of the molecule is Cc1cnc(C(=O)C[C@@H](Cc2ccc(F)c(F)c2)C(=O)NCc2ccc3c(N)nccc3c2)cn1. The lowest BCUT2D eigenvalue weighted by atomic mass is 9.92. The number of pyridine rings is 1. The molecule has 178 valence electrons. The molecule has 0 spiro atoms. The third-order valence-corrected chi connectivity index (χ3v) is 5.66. The standard InChI is InChI=1S/C26H23F2N5O2/c1-15-12-32-23(14-31-15)24(34)11-19(8-16-3-5-21(27)22(28)10-16)26(35)33-13-17-2-4-20-18(9-17)6-7-30-25(20)29/h2-7,9-10,12,14,19H,8,11,13H2,1H3,(H2,29,30)(H,33,35)/t19-/m1/s1. The Labute approximate surface area is 200 Å². The molecule has 2 aromatic heterocycles. The number of nitrogens with one attached hydrogen (secondary N) is 1. The number of carbonyl (C=O) groups is 2. The molecule has 0 aliphatic rings. The smallest absolute Gasteiger partial charge is 0.224 e. The van der Waals surface area contributed by atoms with E-state index in [4.69, 9.17) is 5.73 Å². The summed E-state index contributed by atoms with van der Waals surface area (Å²) in [5.41, 5.74) is 7.92. The second-order valence-corrected chi connectivity index (χ2v) is 8.29. The normalized spacial score (nSPS) is 11.9. The Morgan fingerprint density at radius 2 is 1.77 bits per heavy atom. The minimum atomic E-state index is -1.01. The maximum absolute atomic E-state index is 13.7. The topological polar surface area (TPSA) is 111 Å². The molecule has 35 heavy (non-hydrogen) atoms. The third kappa shape index (κ3) is 5.81. The van der Waals surface area contributed by atoms with E-state index in [2.05, 4.69) is 20.3 Å². The third-order valence-electron chi connectivity index (χ3n) is 5.66. The summed E-state index contributed by atoms with van der Waals surface area (Å²) in [6, 6.07) is 10.8. The molecule has 0 fully saturated rings. The fraction of sp³-hybridized carbons (Fsp3) is 0.192. The summed E-state index contributed by atoms with van der Waals surface area (Å²) in [5.74, 6) is -3.15. The molecule has 1 amide bonds. The van der Waals surface area contributed by atoms with Crippen LogP contribution in [0, 0.1) is 24.5 Å². The number of fused-ring (bicyclic) bond motifs is 1. The van der Waals surface area contributed by atoms with Gasteiger partial charge in [0, 0.05) is 36.7 Å². The fourth-order valence-corrected chi connectivity index (χ4v) is 3.77. The van der Waals surface area contributed by atoms with Crippen LogP contribution in [0.15, 0.2) is 61.1 Å². The summed E-state index contributed by atoms with van der Waals surface area (Å²) in [4.78, 5) is 38.1. The summed E-state index contributed by atoms with van der Waals surface area (Å²) in [7, 11) is 0. The van der Waals surface area contributed by atoms with Gasteiger partial charge in [0.2, 0.25) is 5.91 Å². The van der Waals surface area contributed by atoms with E-state index in [-0.39, 0.29) is 30.9 Å². The number of Topliss-reactive ketones (excluding diaryl/α,β-unsaturated/α-hetero) is 1. The molecule has 1 atom stereocenters. The number of hydrogen-bond donors (Lipinski definition) is 2. The molecule has 4 rings (SSSR count). The molecule has 4 aromatic rings. The van der Waals surface area contributed by atoms with Gasteiger partial charge in [-0.1, -0.05) is 18.2 Å². The zero-order valence-electron chi connectivity index (χ0n) is 19.0. The van der Waals surface area contributed by atoms with Crippen LogP contribution in [0.2, 0.25) is 0 Å². The summed E-state index contributed by atoms with van der Waals surface area (Å²) in [5, 5.41) is 4.54. The highest BCUT2D eigenvalue weighted by Gasteiger charge is 2.24. The number of halogens is 2. The van der Waals surface area contributed by atoms with Gasteiger partial charge in [-0.2, -0.15) is 0 Å². The molecule has 3 N–H and O–H groups in total. The van der Waals surface area contributed by atoms with Crippen molar-refractivity contribution in [3.05, 3.63) is 95.2 Å². The van der Waals surface area contributed by atoms with Crippen molar-refractivity contribution < 1.29 is 18.4 Å². The summed E-state index contributed by atoms with van der Waals surface area (Å²) in [6.07, 6.45) is 4.33. The van der Waals surface area contributed by atoms with Crippen molar-refractivity contribution in [3.8, 4) is 0 Å². The number of aryl methyl sites for hydroxylation is 1. The Morgan fingerprint density at radius 3 is 2.51 bits per heavy atom. The van der Waals surface area contributed by atoms with E-state index in [9.17, 15) is 18.4 Å². The lowest BCUT2D eigenvalue weighted by molar-refractivity contribution is -0.125. The van der Waals surface area contributed by atoms with Crippen LogP contribution in [0.5, 0.6) is 0 Å². The van der Waals surface area contributed by atoms with Crippen LogP contribution >= 0.6 is 0 Å². The molecule has 0 bridgehead atoms. The van der Waals surface area contributed by atoms with Crippen molar-refractivity contribution in [1.29, 1.82) is 0 Å². The van der Waals surface area contributed by atoms with Gasteiger partial charge in [-0.25, -0.2) is 18.7 Å². The first-order valence-corrected chi connectivity index (χ1v) is 11.0. The van der Waals surface area contributed by atoms with Crippen LogP contribution in [0.1, 0.15) is 33.7 Å². The monoisotopic (exact) mass is 475 g/mol. The highest BCUT2D eigenvalue weighted by atomic mass is 19.2. The Bertz CT molecular complexity index is 1390. The van der Waals surface area contributed by atoms with Gasteiger partial charge in [-0.05, 0) is 54.1 Å². The lowest BCUT2D eigenvalue weighted by Crippen LogP contribution is -2.33. The molecule has 0 aliphatic heterocycles. The summed E-state index contributed by atoms with van der Waals surface area (Å²) in [6.45, 7) is 1.96. The van der Waals surface area contributed by atoms with Crippen LogP contribution in [0.25, 0.3) is 10.8 Å². The molecule has 0 unspecified atom stereocenters. The zero-order chi connectivity index (χ0) is 24.9. The largest absolute Gasteiger partial charge is 0.383 e. The minimum Gasteiger partial charge on any atom is -0.383 e. The van der Waals surface area contributed by atoms with Crippen LogP contribution in [-0.2, 0) is 17.8 Å². The Balaban J connectivity index is 1.51. The van der Waals surface area contributed by atoms with Crippen LogP contribution in [0.4, 0.5) is 14.6 Å². The number of nitrogen functional groups attached to an aromatic ring is 1. The van der Waals surface area contributed by atoms with E-state index in [1.807, 2.05) is 24.3 Å². The van der Waals surface area contributed by atoms with E-state index in [1.165, 1.54) is 18.5 Å². The molecule has 0 radical (unpaired) electrons. The molecule has 7 nitrogen and oxygen atoms in total. The van der Waals surface area contributed by atoms with Gasteiger partial charge in [0.05, 0.1) is 11.9 Å². The molecule has 0 saturated heterocycles. The van der Waals surface area contributed by atoms with E-state index in [1.54, 1.807) is 13.1 Å². The number of benzene rings is 2. The second kappa shape index (κ2) is 10.3. The van der Waals surface area contributed by atoms with Gasteiger partial charge in [-0.15, -0.1) is 0 Å². The van der Waals surface area contributed by atoms with Crippen molar-refractivity contribution >= 4 is 28.3 Å². The minimum absolute atomic E-state index is 0.0496. The van der Waals surface area contributed by atoms with Crippen molar-refractivity contribution in [1.82, 2.24) is 20.3 Å². The van der Waals surface area contributed by atoms with Gasteiger partial charge in [0.25, 0.3) is 0 Å². The van der Waals surface area contributed by atoms with Gasteiger partial charge in [0.1, 0.15) is 11.5 Å². The molecular weight excluding hydrogens is 452 g/mol. The maximum Gasteiger partial charge on any atom is 0.224 e. The number of ketones is 1. The van der Waals surface area contributed by atoms with Crippen molar-refractivity contribution in [3.63, 3.8) is 0 Å². The number of carbonyl (C=O) groups excluding carboxylic acids is 2. The highest BCUT2D eigenvalue weighted by molar-refractivity contribution is 5.97. The van der Waals surface area contributed by atoms with Gasteiger partial charge in [-0.3, -0.25) is 14.6 Å². The summed E-state index contributed by atoms with van der Waals surface area (Å²) < 4.78 is 27.1. The predicted octanol–water partition coefficient (Wildman–Crippen LogP) is 3.94. The first-order valence-electron chi connectivity index (χ1n) is 11.0. The summed E-state index contributed by atoms with van der Waals surface area (Å²) >= 11 is 0. The fourth-order valence-electron chi connectivity index (χ4n) is 3.77. The maximum atomic E-state index is 13.7. The number of nitrogens with zero attached hydrogens (tertiary/aromatic N) is 3. The van der Waals surface area contributed by atoms with E-state index in [0.717, 1.165) is 28.5 Å². The quantitative estimate of drug-likeness (QED) is 0.374. The van der Waals surface area contributed by atoms with E-state index >= 15 is 0 Å². The molecular formula is C26H23F2N5O2. The Hall–Kier alpha value is -4.27. The van der Waals surface area contributed by atoms with Gasteiger partial charge in [0.15, 0.2) is 17.4 Å². The van der Waals surface area contributed by atoms with E-state index in [0.29, 0.717) is 17.1 Å². The zero-order valence-corrected chi connectivity index (χ0v) is 19.0. The first kappa shape index (κ1) is 23.9. The van der Waals surface area contributed by atoms with Crippen LogP contribution in [0.3, 0.4) is 0 Å². The Morgan fingerprint density at radius 1 is 0.971 bits per heavy atom. The average Bonchev–Trinajstić information content (AvgIpc) is 2.85. The van der Waals surface area contributed by atoms with Crippen molar-refractivity contribution in [2.45, 2.75) is 26.3 Å². The highest BCUT2D eigenvalue weighted by Crippen LogP contribution is 2.21. The molecule has 9 heteroatoms. The van der Waals surface area contributed by atoms with Gasteiger partial charge >= 0.3 is 0 Å². The second-order valence-electron chi connectivity index (χ2n) is 8.29. The van der Waals surface area contributed by atoms with Crippen LogP contribution < -0.4 is 11.1 Å². The Kier molecular flexibility index (Phi) is 7.05. The number of aromatic nitrogens is 3.